The summed E-state index contributed by atoms with van der Waals surface area (Å²) in [5.74, 6) is -2.54. The number of hydrogen-bond acceptors (Lipinski definition) is 4. The topological polar surface area (TPSA) is 122 Å². The Morgan fingerprint density at radius 3 is 2.58 bits per heavy atom. The molecule has 0 aliphatic carbocycles. The van der Waals surface area contributed by atoms with E-state index >= 15 is 0 Å². The van der Waals surface area contributed by atoms with Crippen LogP contribution in [-0.2, 0) is 9.59 Å². The van der Waals surface area contributed by atoms with Crippen molar-refractivity contribution >= 4 is 29.4 Å². The number of carboxylic acids is 1. The normalized spacial score (nSPS) is 11.6. The highest BCUT2D eigenvalue weighted by Crippen LogP contribution is 2.07. The molecule has 0 saturated carbocycles. The fourth-order valence-electron chi connectivity index (χ4n) is 1.29. The van der Waals surface area contributed by atoms with Gasteiger partial charge in [-0.05, 0) is 18.6 Å². The van der Waals surface area contributed by atoms with Crippen molar-refractivity contribution in [1.82, 2.24) is 10.3 Å². The van der Waals surface area contributed by atoms with Gasteiger partial charge in [-0.25, -0.2) is 9.78 Å². The Morgan fingerprint density at radius 2 is 2.11 bits per heavy atom. The van der Waals surface area contributed by atoms with Gasteiger partial charge in [-0.1, -0.05) is 11.6 Å². The van der Waals surface area contributed by atoms with E-state index in [0.29, 0.717) is 5.02 Å². The number of nitrogens with two attached hydrogens (primary N) is 1. The lowest BCUT2D eigenvalue weighted by atomic mass is 10.1. The average Bonchev–Trinajstić information content (AvgIpc) is 2.34. The second-order valence-corrected chi connectivity index (χ2v) is 4.17. The summed E-state index contributed by atoms with van der Waals surface area (Å²) in [7, 11) is 0. The first-order valence-corrected chi connectivity index (χ1v) is 5.71. The van der Waals surface area contributed by atoms with Gasteiger partial charge in [-0.3, -0.25) is 9.59 Å². The van der Waals surface area contributed by atoms with Gasteiger partial charge >= 0.3 is 5.97 Å². The van der Waals surface area contributed by atoms with Gasteiger partial charge in [0, 0.05) is 12.6 Å². The van der Waals surface area contributed by atoms with Crippen LogP contribution in [0.4, 0.5) is 0 Å². The van der Waals surface area contributed by atoms with Gasteiger partial charge in [0.15, 0.2) is 0 Å². The molecule has 2 amide bonds. The molecule has 102 valence electrons. The van der Waals surface area contributed by atoms with E-state index in [4.69, 9.17) is 22.4 Å². The van der Waals surface area contributed by atoms with Crippen LogP contribution in [0.1, 0.15) is 23.3 Å². The van der Waals surface area contributed by atoms with E-state index in [1.807, 2.05) is 0 Å². The predicted molar refractivity (Wildman–Crippen MR) is 66.6 cm³/mol. The molecule has 0 saturated heterocycles. The van der Waals surface area contributed by atoms with Gasteiger partial charge in [0.05, 0.1) is 5.02 Å². The quantitative estimate of drug-likeness (QED) is 0.688. The maximum atomic E-state index is 11.7. The fraction of sp³-hybridized carbons (Fsp3) is 0.273. The van der Waals surface area contributed by atoms with Crippen molar-refractivity contribution < 1.29 is 19.5 Å². The Hall–Kier alpha value is -2.15. The summed E-state index contributed by atoms with van der Waals surface area (Å²) in [6.45, 7) is 0. The monoisotopic (exact) mass is 285 g/mol. The van der Waals surface area contributed by atoms with E-state index in [9.17, 15) is 14.4 Å². The zero-order valence-corrected chi connectivity index (χ0v) is 10.6. The van der Waals surface area contributed by atoms with Crippen LogP contribution in [0, 0.1) is 0 Å². The number of hydrogen-bond donors (Lipinski definition) is 3. The molecule has 0 aromatic carbocycles. The summed E-state index contributed by atoms with van der Waals surface area (Å²) in [5, 5.41) is 11.5. The Balaban J connectivity index is 2.68. The second-order valence-electron chi connectivity index (χ2n) is 3.73. The molecular formula is C11H12ClN3O4. The highest BCUT2D eigenvalue weighted by molar-refractivity contribution is 6.30. The molecule has 4 N–H and O–H groups in total. The molecule has 1 heterocycles. The largest absolute Gasteiger partial charge is 0.480 e. The summed E-state index contributed by atoms with van der Waals surface area (Å²) < 4.78 is 0. The second kappa shape index (κ2) is 6.69. The molecule has 0 unspecified atom stereocenters. The smallest absolute Gasteiger partial charge is 0.326 e. The van der Waals surface area contributed by atoms with Crippen LogP contribution in [0.15, 0.2) is 18.3 Å². The molecule has 0 radical (unpaired) electrons. The summed E-state index contributed by atoms with van der Waals surface area (Å²) in [5.41, 5.74) is 4.96. The minimum absolute atomic E-state index is 0.0368. The van der Waals surface area contributed by atoms with Gasteiger partial charge < -0.3 is 16.2 Å². The van der Waals surface area contributed by atoms with Crippen molar-refractivity contribution in [3.8, 4) is 0 Å². The molecule has 0 aliphatic rings. The first kappa shape index (κ1) is 14.9. The van der Waals surface area contributed by atoms with Crippen LogP contribution < -0.4 is 11.1 Å². The zero-order valence-electron chi connectivity index (χ0n) is 9.80. The van der Waals surface area contributed by atoms with E-state index in [2.05, 4.69) is 10.3 Å². The summed E-state index contributed by atoms with van der Waals surface area (Å²) >= 11 is 5.62. The Labute approximate surface area is 113 Å². The number of aromatic nitrogens is 1. The summed E-state index contributed by atoms with van der Waals surface area (Å²) in [6, 6.07) is 1.63. The maximum absolute atomic E-state index is 11.7. The molecule has 19 heavy (non-hydrogen) atoms. The summed E-state index contributed by atoms with van der Waals surface area (Å²) in [6.07, 6.45) is 1.06. The Morgan fingerprint density at radius 1 is 1.42 bits per heavy atom. The van der Waals surface area contributed by atoms with E-state index in [1.165, 1.54) is 18.3 Å². The third-order valence-corrected chi connectivity index (χ3v) is 2.47. The van der Waals surface area contributed by atoms with Gasteiger partial charge in [0.2, 0.25) is 5.91 Å². The van der Waals surface area contributed by atoms with Crippen LogP contribution >= 0.6 is 11.6 Å². The number of carbonyl (C=O) groups is 3. The van der Waals surface area contributed by atoms with Crippen molar-refractivity contribution in [1.29, 1.82) is 0 Å². The van der Waals surface area contributed by atoms with Gasteiger partial charge in [0.25, 0.3) is 5.91 Å². The van der Waals surface area contributed by atoms with E-state index < -0.39 is 23.8 Å². The number of rotatable bonds is 6. The summed E-state index contributed by atoms with van der Waals surface area (Å²) in [4.78, 5) is 37.0. The number of halogens is 1. The molecule has 1 atom stereocenters. The van der Waals surface area contributed by atoms with E-state index in [-0.39, 0.29) is 18.5 Å². The average molecular weight is 286 g/mol. The molecule has 1 aromatic rings. The van der Waals surface area contributed by atoms with Crippen molar-refractivity contribution in [3.63, 3.8) is 0 Å². The number of amides is 2. The van der Waals surface area contributed by atoms with Gasteiger partial charge in [-0.2, -0.15) is 0 Å². The lowest BCUT2D eigenvalue weighted by Gasteiger charge is -2.13. The standard InChI is InChI=1S/C11H12ClN3O4/c12-6-1-2-7(14-5-6)10(17)15-8(11(18)19)3-4-9(13)16/h1-2,5,8H,3-4H2,(H2,13,16)(H,15,17)(H,18,19)/t8-/m1/s1. The number of carbonyl (C=O) groups excluding carboxylic acids is 2. The highest BCUT2D eigenvalue weighted by atomic mass is 35.5. The fourth-order valence-corrected chi connectivity index (χ4v) is 1.40. The molecule has 0 fully saturated rings. The Kier molecular flexibility index (Phi) is 5.25. The number of primary amides is 1. The van der Waals surface area contributed by atoms with E-state index in [0.717, 1.165) is 0 Å². The minimum Gasteiger partial charge on any atom is -0.480 e. The number of nitrogens with one attached hydrogen (secondary N) is 1. The lowest BCUT2D eigenvalue weighted by molar-refractivity contribution is -0.139. The SMILES string of the molecule is NC(=O)CC[C@@H](NC(=O)c1ccc(Cl)cn1)C(=O)O. The Bertz CT molecular complexity index is 489. The first-order valence-electron chi connectivity index (χ1n) is 5.33. The van der Waals surface area contributed by atoms with Crippen LogP contribution in [0.2, 0.25) is 5.02 Å². The molecular weight excluding hydrogens is 274 g/mol. The lowest BCUT2D eigenvalue weighted by Crippen LogP contribution is -2.41. The van der Waals surface area contributed by atoms with Crippen molar-refractivity contribution in [2.75, 3.05) is 0 Å². The molecule has 7 nitrogen and oxygen atoms in total. The number of pyridine rings is 1. The third kappa shape index (κ3) is 4.92. The highest BCUT2D eigenvalue weighted by Gasteiger charge is 2.21. The molecule has 0 bridgehead atoms. The molecule has 0 spiro atoms. The van der Waals surface area contributed by atoms with Crippen LogP contribution in [0.5, 0.6) is 0 Å². The third-order valence-electron chi connectivity index (χ3n) is 2.24. The molecule has 1 rings (SSSR count). The minimum atomic E-state index is -1.25. The van der Waals surface area contributed by atoms with Crippen LogP contribution in [0.3, 0.4) is 0 Å². The predicted octanol–water partition coefficient (Wildman–Crippen LogP) is 0.183. The first-order chi connectivity index (χ1) is 8.90. The maximum Gasteiger partial charge on any atom is 0.326 e. The molecule has 1 aromatic heterocycles. The van der Waals surface area contributed by atoms with Crippen molar-refractivity contribution in [2.45, 2.75) is 18.9 Å². The number of carboxylic acid groups (broad SMARTS) is 1. The van der Waals surface area contributed by atoms with Gasteiger partial charge in [0.1, 0.15) is 11.7 Å². The van der Waals surface area contributed by atoms with Gasteiger partial charge in [-0.15, -0.1) is 0 Å². The number of nitrogens with zero attached hydrogens (tertiary/aromatic N) is 1. The van der Waals surface area contributed by atoms with Crippen molar-refractivity contribution in [3.05, 3.63) is 29.0 Å². The number of aliphatic carboxylic acids is 1. The van der Waals surface area contributed by atoms with E-state index in [1.54, 1.807) is 0 Å². The van der Waals surface area contributed by atoms with Crippen LogP contribution in [-0.4, -0.2) is 33.9 Å². The molecule has 8 heteroatoms. The zero-order chi connectivity index (χ0) is 14.4. The van der Waals surface area contributed by atoms with Crippen molar-refractivity contribution in [2.24, 2.45) is 5.73 Å². The van der Waals surface area contributed by atoms with Crippen LogP contribution in [0.25, 0.3) is 0 Å². The molecule has 0 aliphatic heterocycles.